The summed E-state index contributed by atoms with van der Waals surface area (Å²) in [5, 5.41) is 1.23. The van der Waals surface area contributed by atoms with E-state index in [4.69, 9.17) is 11.6 Å². The van der Waals surface area contributed by atoms with Crippen molar-refractivity contribution in [1.29, 1.82) is 0 Å². The van der Waals surface area contributed by atoms with Crippen molar-refractivity contribution >= 4 is 40.0 Å². The van der Waals surface area contributed by atoms with Gasteiger partial charge in [0.25, 0.3) is 5.56 Å². The van der Waals surface area contributed by atoms with E-state index in [1.165, 1.54) is 11.8 Å². The summed E-state index contributed by atoms with van der Waals surface area (Å²) in [5.74, 6) is -0.0424. The fourth-order valence-corrected chi connectivity index (χ4v) is 3.71. The lowest BCUT2D eigenvalue weighted by Crippen LogP contribution is -2.24. The number of Topliss-reactive ketones (excluding diaryl/α,β-unsaturated/α-hetero) is 1. The van der Waals surface area contributed by atoms with Crippen LogP contribution in [0.3, 0.4) is 0 Å². The average Bonchev–Trinajstić information content (AvgIpc) is 2.65. The van der Waals surface area contributed by atoms with Crippen molar-refractivity contribution in [3.63, 3.8) is 0 Å². The molecule has 0 aliphatic heterocycles. The third kappa shape index (κ3) is 3.74. The summed E-state index contributed by atoms with van der Waals surface area (Å²) in [6, 6.07) is 14.0. The Labute approximate surface area is 160 Å². The smallest absolute Gasteiger partial charge is 0.262 e. The molecule has 4 nitrogen and oxygen atoms in total. The van der Waals surface area contributed by atoms with Crippen LogP contribution in [-0.4, -0.2) is 20.6 Å². The van der Waals surface area contributed by atoms with Crippen LogP contribution in [0.4, 0.5) is 0 Å². The van der Waals surface area contributed by atoms with E-state index in [1.54, 1.807) is 54.0 Å². The van der Waals surface area contributed by atoms with E-state index in [0.717, 1.165) is 0 Å². The average molecular weight is 385 g/mol. The summed E-state index contributed by atoms with van der Waals surface area (Å²) in [7, 11) is 0. The van der Waals surface area contributed by atoms with Crippen molar-refractivity contribution < 1.29 is 4.79 Å². The molecule has 0 bridgehead atoms. The molecular weight excluding hydrogens is 368 g/mol. The molecule has 0 saturated heterocycles. The summed E-state index contributed by atoms with van der Waals surface area (Å²) in [4.78, 5) is 30.0. The highest BCUT2D eigenvalue weighted by Crippen LogP contribution is 2.25. The number of ketones is 1. The van der Waals surface area contributed by atoms with Crippen LogP contribution in [0.15, 0.2) is 71.1 Å². The minimum absolute atomic E-state index is 0.0424. The molecule has 1 aromatic heterocycles. The second-order valence-corrected chi connectivity index (χ2v) is 7.49. The molecule has 0 radical (unpaired) electrons. The van der Waals surface area contributed by atoms with Gasteiger partial charge >= 0.3 is 0 Å². The number of allylic oxidation sites excluding steroid dienone is 1. The van der Waals surface area contributed by atoms with Crippen molar-refractivity contribution in [2.24, 2.45) is 0 Å². The van der Waals surface area contributed by atoms with E-state index >= 15 is 0 Å². The maximum absolute atomic E-state index is 12.8. The van der Waals surface area contributed by atoms with Crippen molar-refractivity contribution in [2.75, 3.05) is 0 Å². The molecule has 132 valence electrons. The predicted molar refractivity (Wildman–Crippen MR) is 107 cm³/mol. The number of rotatable bonds is 6. The van der Waals surface area contributed by atoms with Crippen molar-refractivity contribution in [1.82, 2.24) is 9.55 Å². The van der Waals surface area contributed by atoms with Crippen LogP contribution in [0, 0.1) is 0 Å². The number of hydrogen-bond acceptors (Lipinski definition) is 4. The highest BCUT2D eigenvalue weighted by Gasteiger charge is 2.20. The van der Waals surface area contributed by atoms with Gasteiger partial charge in [-0.3, -0.25) is 14.2 Å². The second-order valence-electron chi connectivity index (χ2n) is 5.75. The normalized spacial score (nSPS) is 12.1. The second kappa shape index (κ2) is 7.89. The number of hydrogen-bond donors (Lipinski definition) is 0. The lowest BCUT2D eigenvalue weighted by Gasteiger charge is -2.15. The van der Waals surface area contributed by atoms with Crippen LogP contribution in [0.25, 0.3) is 10.9 Å². The summed E-state index contributed by atoms with van der Waals surface area (Å²) in [6.07, 6.45) is 1.65. The van der Waals surface area contributed by atoms with Crippen LogP contribution in [-0.2, 0) is 6.54 Å². The van der Waals surface area contributed by atoms with E-state index in [2.05, 4.69) is 11.6 Å². The Morgan fingerprint density at radius 3 is 2.65 bits per heavy atom. The van der Waals surface area contributed by atoms with Gasteiger partial charge in [0.15, 0.2) is 10.9 Å². The number of para-hydroxylation sites is 1. The van der Waals surface area contributed by atoms with E-state index < -0.39 is 5.25 Å². The first-order valence-corrected chi connectivity index (χ1v) is 9.34. The quantitative estimate of drug-likeness (QED) is 0.270. The fraction of sp³-hybridized carbons (Fsp3) is 0.150. The molecule has 0 aliphatic rings. The zero-order valence-corrected chi connectivity index (χ0v) is 15.8. The fourth-order valence-electron chi connectivity index (χ4n) is 2.59. The first kappa shape index (κ1) is 18.4. The first-order chi connectivity index (χ1) is 12.5. The minimum atomic E-state index is -0.402. The maximum atomic E-state index is 12.8. The molecule has 0 unspecified atom stereocenters. The molecule has 3 aromatic rings. The summed E-state index contributed by atoms with van der Waals surface area (Å²) >= 11 is 7.15. The SMILES string of the molecule is C=CCn1c(S[C@@H](C)C(=O)c2ccc(Cl)cc2)nc2ccccc2c1=O. The first-order valence-electron chi connectivity index (χ1n) is 8.08. The van der Waals surface area contributed by atoms with Crippen LogP contribution < -0.4 is 5.56 Å². The number of benzene rings is 2. The van der Waals surface area contributed by atoms with E-state index in [-0.39, 0.29) is 11.3 Å². The van der Waals surface area contributed by atoms with Gasteiger partial charge in [-0.25, -0.2) is 4.98 Å². The number of aromatic nitrogens is 2. The standard InChI is InChI=1S/C20H17ClN2O2S/c1-3-12-23-19(25)16-6-4-5-7-17(16)22-20(23)26-13(2)18(24)14-8-10-15(21)11-9-14/h3-11,13H,1,12H2,2H3/t13-/m0/s1. The molecule has 1 atom stereocenters. The molecule has 0 aliphatic carbocycles. The van der Waals surface area contributed by atoms with Crippen LogP contribution in [0.1, 0.15) is 17.3 Å². The Morgan fingerprint density at radius 1 is 1.27 bits per heavy atom. The van der Waals surface area contributed by atoms with Crippen LogP contribution >= 0.6 is 23.4 Å². The molecule has 0 N–H and O–H groups in total. The summed E-state index contributed by atoms with van der Waals surface area (Å²) in [6.45, 7) is 5.85. The van der Waals surface area contributed by atoms with Gasteiger partial charge in [-0.05, 0) is 43.3 Å². The van der Waals surface area contributed by atoms with Crippen molar-refractivity contribution in [3.05, 3.63) is 82.1 Å². The Hall–Kier alpha value is -2.37. The Kier molecular flexibility index (Phi) is 5.59. The van der Waals surface area contributed by atoms with Crippen molar-refractivity contribution in [2.45, 2.75) is 23.9 Å². The van der Waals surface area contributed by atoms with Crippen LogP contribution in [0.5, 0.6) is 0 Å². The largest absolute Gasteiger partial charge is 0.293 e. The van der Waals surface area contributed by atoms with Crippen LogP contribution in [0.2, 0.25) is 5.02 Å². The Morgan fingerprint density at radius 2 is 1.96 bits per heavy atom. The molecule has 0 amide bonds. The lowest BCUT2D eigenvalue weighted by atomic mass is 10.1. The van der Waals surface area contributed by atoms with Gasteiger partial charge in [0.05, 0.1) is 16.2 Å². The maximum Gasteiger partial charge on any atom is 0.262 e. The molecule has 0 spiro atoms. The molecule has 0 fully saturated rings. The lowest BCUT2D eigenvalue weighted by molar-refractivity contribution is 0.0994. The summed E-state index contributed by atoms with van der Waals surface area (Å²) in [5.41, 5.74) is 1.06. The zero-order chi connectivity index (χ0) is 18.7. The van der Waals surface area contributed by atoms with Gasteiger partial charge in [0, 0.05) is 17.1 Å². The number of fused-ring (bicyclic) bond motifs is 1. The minimum Gasteiger partial charge on any atom is -0.293 e. The highest BCUT2D eigenvalue weighted by molar-refractivity contribution is 8.00. The van der Waals surface area contributed by atoms with Gasteiger partial charge in [0.2, 0.25) is 0 Å². The zero-order valence-electron chi connectivity index (χ0n) is 14.2. The molecule has 2 aromatic carbocycles. The molecule has 6 heteroatoms. The Bertz CT molecular complexity index is 1030. The predicted octanol–water partition coefficient (Wildman–Crippen LogP) is 4.60. The van der Waals surface area contributed by atoms with Crippen molar-refractivity contribution in [3.8, 4) is 0 Å². The van der Waals surface area contributed by atoms with Gasteiger partial charge in [0.1, 0.15) is 0 Å². The number of carbonyl (C=O) groups excluding carboxylic acids is 1. The molecule has 3 rings (SSSR count). The number of nitrogens with zero attached hydrogens (tertiary/aromatic N) is 2. The summed E-state index contributed by atoms with van der Waals surface area (Å²) < 4.78 is 1.55. The van der Waals surface area contributed by atoms with Gasteiger partial charge < -0.3 is 0 Å². The topological polar surface area (TPSA) is 52.0 Å². The molecule has 26 heavy (non-hydrogen) atoms. The monoisotopic (exact) mass is 384 g/mol. The third-order valence-corrected chi connectivity index (χ3v) is 5.26. The van der Waals surface area contributed by atoms with E-state index in [1.807, 2.05) is 12.1 Å². The van der Waals surface area contributed by atoms with Gasteiger partial charge in [-0.15, -0.1) is 6.58 Å². The van der Waals surface area contributed by atoms with E-state index in [0.29, 0.717) is 33.2 Å². The van der Waals surface area contributed by atoms with Gasteiger partial charge in [-0.2, -0.15) is 0 Å². The molecule has 0 saturated carbocycles. The van der Waals surface area contributed by atoms with Gasteiger partial charge in [-0.1, -0.05) is 41.6 Å². The Balaban J connectivity index is 1.97. The highest BCUT2D eigenvalue weighted by atomic mass is 35.5. The molecular formula is C20H17ClN2O2S. The molecule has 1 heterocycles. The van der Waals surface area contributed by atoms with E-state index in [9.17, 15) is 9.59 Å². The number of carbonyl (C=O) groups is 1. The number of thioether (sulfide) groups is 1. The third-order valence-electron chi connectivity index (χ3n) is 3.92. The number of halogens is 1.